The van der Waals surface area contributed by atoms with E-state index in [2.05, 4.69) is 0 Å². The highest BCUT2D eigenvalue weighted by molar-refractivity contribution is 7.72. The Morgan fingerprint density at radius 2 is 2.09 bits per heavy atom. The smallest absolute Gasteiger partial charge is 0.379 e. The minimum absolute atomic E-state index is 0.602. The highest BCUT2D eigenvalue weighted by Crippen LogP contribution is 2.33. The predicted molar refractivity (Wildman–Crippen MR) is 41.8 cm³/mol. The fourth-order valence-corrected chi connectivity index (χ4v) is 1.30. The van der Waals surface area contributed by atoms with Crippen LogP contribution in [-0.2, 0) is 14.1 Å². The fraction of sp³-hybridized carbons (Fsp3) is 0.600. The summed E-state index contributed by atoms with van der Waals surface area (Å²) in [5.41, 5.74) is -0.919. The van der Waals surface area contributed by atoms with Crippen molar-refractivity contribution in [3.8, 4) is 0 Å². The third-order valence-corrected chi connectivity index (χ3v) is 2.21. The molecule has 0 aliphatic carbocycles. The van der Waals surface area contributed by atoms with Crippen LogP contribution in [0.25, 0.3) is 0 Å². The van der Waals surface area contributed by atoms with Crippen molar-refractivity contribution >= 4 is 27.5 Å². The van der Waals surface area contributed by atoms with Crippen LogP contribution in [-0.4, -0.2) is 37.1 Å². The van der Waals surface area contributed by atoms with Crippen LogP contribution in [0.4, 0.5) is 0 Å². The molecule has 0 aromatic carbocycles. The summed E-state index contributed by atoms with van der Waals surface area (Å²) in [5.74, 6) is -1.47. The van der Waals surface area contributed by atoms with Gasteiger partial charge < -0.3 is 9.63 Å². The molecule has 0 amide bonds. The maximum atomic E-state index is 10.6. The second-order valence-corrected chi connectivity index (χ2v) is 3.53. The van der Waals surface area contributed by atoms with Crippen LogP contribution in [0, 0.1) is 0 Å². The standard InChI is InChI=1S/C5H8BO4P/c1-3(6)10-11(2)5(9)4(7)8/h3H,1-2H3,(H,7,8). The molecule has 2 atom stereocenters. The molecule has 0 rings (SSSR count). The molecule has 0 spiro atoms. The molecular formula is C5H8BO4P. The van der Waals surface area contributed by atoms with Crippen molar-refractivity contribution in [3.05, 3.63) is 0 Å². The monoisotopic (exact) mass is 174 g/mol. The fourth-order valence-electron chi connectivity index (χ4n) is 0.432. The van der Waals surface area contributed by atoms with Crippen LogP contribution in [0.3, 0.4) is 0 Å². The number of rotatable bonds is 4. The topological polar surface area (TPSA) is 63.6 Å². The molecule has 0 aliphatic heterocycles. The van der Waals surface area contributed by atoms with E-state index in [0.29, 0.717) is 0 Å². The molecule has 2 unspecified atom stereocenters. The lowest BCUT2D eigenvalue weighted by Gasteiger charge is -2.11. The molecule has 0 fully saturated rings. The first-order chi connectivity index (χ1) is 4.95. The largest absolute Gasteiger partial charge is 0.475 e. The third kappa shape index (κ3) is 4.12. The Morgan fingerprint density at radius 3 is 2.36 bits per heavy atom. The number of carboxylic acids is 1. The Kier molecular flexibility index (Phi) is 4.30. The predicted octanol–water partition coefficient (Wildman–Crippen LogP) is 0.155. The molecule has 11 heavy (non-hydrogen) atoms. The van der Waals surface area contributed by atoms with E-state index in [1.807, 2.05) is 0 Å². The van der Waals surface area contributed by atoms with Gasteiger partial charge in [0.15, 0.2) is 0 Å². The SMILES string of the molecule is [B]C(C)OP(C)C(=O)C(=O)O. The molecular weight excluding hydrogens is 166 g/mol. The van der Waals surface area contributed by atoms with E-state index >= 15 is 0 Å². The summed E-state index contributed by atoms with van der Waals surface area (Å²) in [6, 6.07) is -0.602. The van der Waals surface area contributed by atoms with Gasteiger partial charge in [0.05, 0.1) is 0 Å². The van der Waals surface area contributed by atoms with Gasteiger partial charge in [-0.3, -0.25) is 4.79 Å². The Morgan fingerprint density at radius 1 is 1.64 bits per heavy atom. The van der Waals surface area contributed by atoms with E-state index in [9.17, 15) is 9.59 Å². The molecule has 0 aliphatic rings. The zero-order valence-electron chi connectivity index (χ0n) is 6.27. The molecule has 60 valence electrons. The van der Waals surface area contributed by atoms with Gasteiger partial charge >= 0.3 is 5.97 Å². The first-order valence-electron chi connectivity index (χ1n) is 2.88. The number of carbonyl (C=O) groups excluding carboxylic acids is 1. The number of carbonyl (C=O) groups is 2. The van der Waals surface area contributed by atoms with Crippen molar-refractivity contribution in [1.82, 2.24) is 0 Å². The number of aliphatic carboxylic acids is 1. The molecule has 0 saturated carbocycles. The van der Waals surface area contributed by atoms with Crippen molar-refractivity contribution in [3.63, 3.8) is 0 Å². The van der Waals surface area contributed by atoms with E-state index in [1.165, 1.54) is 13.6 Å². The van der Waals surface area contributed by atoms with Crippen molar-refractivity contribution < 1.29 is 19.2 Å². The summed E-state index contributed by atoms with van der Waals surface area (Å²) >= 11 is 0. The lowest BCUT2D eigenvalue weighted by Crippen LogP contribution is -2.14. The molecule has 0 aromatic rings. The van der Waals surface area contributed by atoms with Gasteiger partial charge in [-0.05, 0) is 13.6 Å². The van der Waals surface area contributed by atoms with Crippen LogP contribution in [0.15, 0.2) is 0 Å². The van der Waals surface area contributed by atoms with E-state index in [4.69, 9.17) is 17.5 Å². The summed E-state index contributed by atoms with van der Waals surface area (Å²) in [6.07, 6.45) is 0. The van der Waals surface area contributed by atoms with Crippen LogP contribution in [0.2, 0.25) is 0 Å². The lowest BCUT2D eigenvalue weighted by atomic mass is 10.0. The first-order valence-corrected chi connectivity index (χ1v) is 4.59. The van der Waals surface area contributed by atoms with Gasteiger partial charge in [-0.25, -0.2) is 4.79 Å². The zero-order valence-corrected chi connectivity index (χ0v) is 7.17. The van der Waals surface area contributed by atoms with Gasteiger partial charge in [0.25, 0.3) is 5.52 Å². The maximum absolute atomic E-state index is 10.6. The van der Waals surface area contributed by atoms with Gasteiger partial charge in [-0.1, -0.05) is 0 Å². The molecule has 4 nitrogen and oxygen atoms in total. The summed E-state index contributed by atoms with van der Waals surface area (Å²) in [7, 11) is 3.60. The van der Waals surface area contributed by atoms with Gasteiger partial charge in [-0.2, -0.15) is 0 Å². The van der Waals surface area contributed by atoms with Gasteiger partial charge in [-0.15, -0.1) is 0 Å². The Bertz CT molecular complexity index is 170. The van der Waals surface area contributed by atoms with Crippen molar-refractivity contribution in [1.29, 1.82) is 0 Å². The molecule has 0 bridgehead atoms. The van der Waals surface area contributed by atoms with Crippen molar-refractivity contribution in [2.45, 2.75) is 12.9 Å². The van der Waals surface area contributed by atoms with E-state index in [-0.39, 0.29) is 0 Å². The lowest BCUT2D eigenvalue weighted by molar-refractivity contribution is -0.145. The molecule has 6 heteroatoms. The number of hydrogen-bond donors (Lipinski definition) is 1. The second kappa shape index (κ2) is 4.47. The Balaban J connectivity index is 3.93. The molecule has 2 radical (unpaired) electrons. The minimum Gasteiger partial charge on any atom is -0.475 e. The molecule has 1 N–H and O–H groups in total. The average Bonchev–Trinajstić information content (AvgIpc) is 1.84. The van der Waals surface area contributed by atoms with E-state index in [1.54, 1.807) is 0 Å². The highest BCUT2D eigenvalue weighted by Gasteiger charge is 2.21. The molecule has 0 aromatic heterocycles. The van der Waals surface area contributed by atoms with Gasteiger partial charge in [0.1, 0.15) is 16.0 Å². The third-order valence-electron chi connectivity index (χ3n) is 0.793. The normalized spacial score (nSPS) is 15.5. The van der Waals surface area contributed by atoms with E-state index in [0.717, 1.165) is 0 Å². The Labute approximate surface area is 67.2 Å². The molecule has 0 saturated heterocycles. The summed E-state index contributed by atoms with van der Waals surface area (Å²) in [6.45, 7) is 2.95. The second-order valence-electron chi connectivity index (χ2n) is 1.92. The summed E-state index contributed by atoms with van der Waals surface area (Å²) in [5, 5.41) is 8.21. The first kappa shape index (κ1) is 10.6. The number of hydrogen-bond acceptors (Lipinski definition) is 3. The van der Waals surface area contributed by atoms with Crippen molar-refractivity contribution in [2.75, 3.05) is 6.66 Å². The van der Waals surface area contributed by atoms with Gasteiger partial charge in [0.2, 0.25) is 0 Å². The average molecular weight is 174 g/mol. The van der Waals surface area contributed by atoms with Crippen LogP contribution < -0.4 is 0 Å². The maximum Gasteiger partial charge on any atom is 0.379 e. The highest BCUT2D eigenvalue weighted by atomic mass is 31.1. The summed E-state index contributed by atoms with van der Waals surface area (Å²) < 4.78 is 4.79. The van der Waals surface area contributed by atoms with E-state index < -0.39 is 25.6 Å². The Hall–Kier alpha value is -0.405. The zero-order chi connectivity index (χ0) is 9.02. The summed E-state index contributed by atoms with van der Waals surface area (Å²) in [4.78, 5) is 20.7. The molecule has 0 heterocycles. The number of carboxylic acid groups (broad SMARTS) is 1. The van der Waals surface area contributed by atoms with Crippen molar-refractivity contribution in [2.24, 2.45) is 0 Å². The van der Waals surface area contributed by atoms with Crippen LogP contribution >= 0.6 is 8.15 Å². The minimum atomic E-state index is -1.58. The van der Waals surface area contributed by atoms with Crippen LogP contribution in [0.1, 0.15) is 6.92 Å². The van der Waals surface area contributed by atoms with Crippen LogP contribution in [0.5, 0.6) is 0 Å². The quantitative estimate of drug-likeness (QED) is 0.374. The van der Waals surface area contributed by atoms with Gasteiger partial charge in [0, 0.05) is 6.00 Å².